The topological polar surface area (TPSA) is 168 Å². The number of amides is 2. The molecule has 0 unspecified atom stereocenters. The zero-order valence-electron chi connectivity index (χ0n) is 28.2. The number of furan rings is 1. The molecule has 0 bridgehead atoms. The smallest absolute Gasteiger partial charge is 0.342 e. The average molecular weight is 675 g/mol. The number of nitrogens with one attached hydrogen (secondary N) is 2. The number of methoxy groups -OCH3 is 1. The van der Waals surface area contributed by atoms with Crippen molar-refractivity contribution in [3.05, 3.63) is 64.4 Å². The molecule has 49 heavy (non-hydrogen) atoms. The highest BCUT2D eigenvalue weighted by atomic mass is 16.5. The fourth-order valence-corrected chi connectivity index (χ4v) is 6.75. The zero-order chi connectivity index (χ0) is 35.0. The monoisotopic (exact) mass is 674 g/mol. The highest BCUT2D eigenvalue weighted by molar-refractivity contribution is 6.06. The van der Waals surface area contributed by atoms with Crippen LogP contribution in [0.4, 0.5) is 0 Å². The molecule has 1 heterocycles. The number of ether oxygens (including phenoxy) is 2. The van der Waals surface area contributed by atoms with Gasteiger partial charge in [0.1, 0.15) is 28.6 Å². The van der Waals surface area contributed by atoms with E-state index in [1.807, 2.05) is 24.3 Å². The summed E-state index contributed by atoms with van der Waals surface area (Å²) >= 11 is 0. The molecule has 5 rings (SSSR count). The van der Waals surface area contributed by atoms with E-state index < -0.39 is 35.0 Å². The molecule has 2 saturated carbocycles. The Hall–Kier alpha value is -4.37. The predicted molar refractivity (Wildman–Crippen MR) is 182 cm³/mol. The van der Waals surface area contributed by atoms with Crippen molar-refractivity contribution >= 4 is 28.8 Å². The van der Waals surface area contributed by atoms with Crippen LogP contribution in [-0.4, -0.2) is 71.6 Å². The van der Waals surface area contributed by atoms with E-state index in [0.717, 1.165) is 37.0 Å². The minimum absolute atomic E-state index is 0.0153. The lowest BCUT2D eigenvalue weighted by Crippen LogP contribution is -2.48. The van der Waals surface area contributed by atoms with E-state index in [4.69, 9.17) is 13.9 Å². The maximum absolute atomic E-state index is 13.9. The maximum Gasteiger partial charge on any atom is 0.342 e. The van der Waals surface area contributed by atoms with Gasteiger partial charge in [0.2, 0.25) is 11.8 Å². The second-order valence-corrected chi connectivity index (χ2v) is 13.1. The highest BCUT2D eigenvalue weighted by Crippen LogP contribution is 2.44. The Morgan fingerprint density at radius 2 is 1.69 bits per heavy atom. The zero-order valence-corrected chi connectivity index (χ0v) is 28.2. The quantitative estimate of drug-likeness (QED) is 0.103. The summed E-state index contributed by atoms with van der Waals surface area (Å²) in [5.74, 6) is 5.44. The predicted octanol–water partition coefficient (Wildman–Crippen LogP) is 3.80. The van der Waals surface area contributed by atoms with Crippen molar-refractivity contribution in [3.63, 3.8) is 0 Å². The van der Waals surface area contributed by atoms with E-state index in [0.29, 0.717) is 55.0 Å². The lowest BCUT2D eigenvalue weighted by molar-refractivity contribution is -0.128. The van der Waals surface area contributed by atoms with Gasteiger partial charge in [0.15, 0.2) is 11.3 Å². The first-order valence-corrected chi connectivity index (χ1v) is 17.1. The molecule has 0 aliphatic heterocycles. The Morgan fingerprint density at radius 3 is 2.35 bits per heavy atom. The summed E-state index contributed by atoms with van der Waals surface area (Å²) in [5.41, 5.74) is -0.142. The molecule has 2 fully saturated rings. The first-order valence-electron chi connectivity index (χ1n) is 17.1. The number of aliphatic hydroxyl groups is 3. The van der Waals surface area contributed by atoms with E-state index >= 15 is 0 Å². The Kier molecular flexibility index (Phi) is 11.7. The van der Waals surface area contributed by atoms with Crippen LogP contribution in [0.25, 0.3) is 11.0 Å². The van der Waals surface area contributed by atoms with E-state index in [1.54, 1.807) is 19.2 Å². The number of carbonyl (C=O) groups is 3. The number of carbonyl (C=O) groups excluding carboxylic acids is 3. The van der Waals surface area contributed by atoms with Crippen LogP contribution in [0.3, 0.4) is 0 Å². The number of fused-ring (bicyclic) bond motifs is 1. The maximum atomic E-state index is 13.9. The molecule has 1 aromatic heterocycles. The minimum atomic E-state index is -1.38. The number of hydrogen-bond donors (Lipinski definition) is 5. The molecular weight excluding hydrogens is 628 g/mol. The first kappa shape index (κ1) is 35.9. The minimum Gasteiger partial charge on any atom is -0.497 e. The van der Waals surface area contributed by atoms with Gasteiger partial charge in [-0.05, 0) is 99.6 Å². The number of aryl methyl sites for hydroxylation is 1. The number of esters is 1. The average Bonchev–Trinajstić information content (AvgIpc) is 3.83. The van der Waals surface area contributed by atoms with Crippen LogP contribution in [0.5, 0.6) is 5.75 Å². The van der Waals surface area contributed by atoms with E-state index in [2.05, 4.69) is 22.5 Å². The number of aliphatic hydroxyl groups excluding tert-OH is 1. The summed E-state index contributed by atoms with van der Waals surface area (Å²) < 4.78 is 17.4. The summed E-state index contributed by atoms with van der Waals surface area (Å²) in [4.78, 5) is 39.0. The lowest BCUT2D eigenvalue weighted by Gasteiger charge is -2.20. The second kappa shape index (κ2) is 15.9. The summed E-state index contributed by atoms with van der Waals surface area (Å²) in [6, 6.07) is 10.1. The third-order valence-corrected chi connectivity index (χ3v) is 9.31. The molecule has 11 heteroatoms. The normalized spacial score (nSPS) is 16.8. The molecule has 11 nitrogen and oxygen atoms in total. The van der Waals surface area contributed by atoms with Crippen molar-refractivity contribution in [2.24, 2.45) is 0 Å². The van der Waals surface area contributed by atoms with E-state index in [1.165, 1.54) is 6.92 Å². The molecule has 262 valence electrons. The first-order chi connectivity index (χ1) is 23.5. The number of rotatable bonds is 13. The van der Waals surface area contributed by atoms with Crippen molar-refractivity contribution < 1.29 is 43.6 Å². The molecule has 2 amide bonds. The molecule has 5 N–H and O–H groups in total. The summed E-state index contributed by atoms with van der Waals surface area (Å²) in [5, 5.41) is 37.7. The molecule has 0 radical (unpaired) electrons. The second-order valence-electron chi connectivity index (χ2n) is 13.1. The number of benzene rings is 2. The van der Waals surface area contributed by atoms with Gasteiger partial charge in [0.05, 0.1) is 25.9 Å². The Labute approximate surface area is 286 Å². The lowest BCUT2D eigenvalue weighted by atomic mass is 9.93. The third kappa shape index (κ3) is 8.81. The van der Waals surface area contributed by atoms with Crippen molar-refractivity contribution in [2.75, 3.05) is 26.9 Å². The van der Waals surface area contributed by atoms with Crippen LogP contribution in [-0.2, 0) is 32.8 Å². The molecule has 2 aliphatic rings. The van der Waals surface area contributed by atoms with Gasteiger partial charge in [-0.3, -0.25) is 9.59 Å². The van der Waals surface area contributed by atoms with Gasteiger partial charge in [0.25, 0.3) is 0 Å². The highest BCUT2D eigenvalue weighted by Gasteiger charge is 2.42. The van der Waals surface area contributed by atoms with E-state index in [-0.39, 0.29) is 43.1 Å². The Morgan fingerprint density at radius 1 is 1.00 bits per heavy atom. The summed E-state index contributed by atoms with van der Waals surface area (Å²) in [6.07, 6.45) is 6.40. The van der Waals surface area contributed by atoms with Gasteiger partial charge >= 0.3 is 5.97 Å². The fraction of sp³-hybridized carbons (Fsp3) is 0.500. The van der Waals surface area contributed by atoms with Crippen molar-refractivity contribution in [1.82, 2.24) is 10.6 Å². The van der Waals surface area contributed by atoms with Crippen LogP contribution in [0.1, 0.15) is 97.5 Å². The molecule has 2 aliphatic carbocycles. The largest absolute Gasteiger partial charge is 0.497 e. The fourth-order valence-electron chi connectivity index (χ4n) is 6.75. The molecule has 0 saturated heterocycles. The van der Waals surface area contributed by atoms with Crippen LogP contribution in [0.15, 0.2) is 40.8 Å². The van der Waals surface area contributed by atoms with Crippen LogP contribution < -0.4 is 15.4 Å². The SMILES string of the molecule is COc1ccc(CCCOC(=O)c2c(C3(O)CCCC3)oc3c(C#CC4(O)CCCC4)cc(C[C@H](NC(C)=O)C(=O)NCCO)cc23)cc1. The molecule has 1 atom stereocenters. The van der Waals surface area contributed by atoms with Crippen molar-refractivity contribution in [3.8, 4) is 17.6 Å². The molecule has 2 aromatic carbocycles. The van der Waals surface area contributed by atoms with Crippen LogP contribution in [0, 0.1) is 11.8 Å². The van der Waals surface area contributed by atoms with E-state index in [9.17, 15) is 29.7 Å². The van der Waals surface area contributed by atoms with Crippen molar-refractivity contribution in [2.45, 2.75) is 94.8 Å². The van der Waals surface area contributed by atoms with Gasteiger partial charge in [-0.15, -0.1) is 0 Å². The van der Waals surface area contributed by atoms with Gasteiger partial charge in [-0.1, -0.05) is 24.0 Å². The Balaban J connectivity index is 1.54. The van der Waals surface area contributed by atoms with Gasteiger partial charge in [-0.25, -0.2) is 4.79 Å². The third-order valence-electron chi connectivity index (χ3n) is 9.31. The summed E-state index contributed by atoms with van der Waals surface area (Å²) in [6.45, 7) is 1.19. The van der Waals surface area contributed by atoms with Crippen LogP contribution >= 0.6 is 0 Å². The number of hydrogen-bond acceptors (Lipinski definition) is 9. The summed E-state index contributed by atoms with van der Waals surface area (Å²) in [7, 11) is 1.61. The van der Waals surface area contributed by atoms with Gasteiger partial charge in [-0.2, -0.15) is 0 Å². The van der Waals surface area contributed by atoms with Gasteiger partial charge < -0.3 is 39.8 Å². The Bertz CT molecular complexity index is 1700. The molecule has 0 spiro atoms. The van der Waals surface area contributed by atoms with Crippen molar-refractivity contribution in [1.29, 1.82) is 0 Å². The van der Waals surface area contributed by atoms with Gasteiger partial charge in [0, 0.05) is 25.3 Å². The standard InChI is InChI=1S/C38H46N2O9/c1-25(42)40-31(35(43)39-19-20-41)24-27-22-28(13-18-37(45)14-3-4-15-37)33-30(23-27)32(34(49-33)38(46)16-5-6-17-38)36(44)48-21-7-8-26-9-11-29(47-2)12-10-26/h9-12,22-23,31,41,45-46H,3-8,14-17,19-21,24H2,1-2H3,(H,39,43)(H,40,42)/t31-/m0/s1. The molecular formula is C38H46N2O9. The molecule has 3 aromatic rings. The van der Waals surface area contributed by atoms with Crippen LogP contribution in [0.2, 0.25) is 0 Å².